The van der Waals surface area contributed by atoms with Gasteiger partial charge in [0.25, 0.3) is 0 Å². The topological polar surface area (TPSA) is 21.3 Å². The first-order valence-electron chi connectivity index (χ1n) is 7.51. The van der Waals surface area contributed by atoms with Gasteiger partial charge in [0.05, 0.1) is 6.10 Å². The number of hydrogen-bond donors (Lipinski definition) is 1. The molecule has 1 rings (SSSR count). The van der Waals surface area contributed by atoms with Gasteiger partial charge in [0, 0.05) is 12.1 Å². The molecule has 1 aromatic carbocycles. The van der Waals surface area contributed by atoms with E-state index in [0.29, 0.717) is 0 Å². The molecule has 0 aliphatic rings. The minimum Gasteiger partial charge on any atom is -0.491 e. The van der Waals surface area contributed by atoms with Gasteiger partial charge in [0.1, 0.15) is 5.75 Å². The highest BCUT2D eigenvalue weighted by molar-refractivity contribution is 5.54. The van der Waals surface area contributed by atoms with Crippen LogP contribution < -0.4 is 10.1 Å². The van der Waals surface area contributed by atoms with E-state index < -0.39 is 0 Å². The van der Waals surface area contributed by atoms with Crippen molar-refractivity contribution in [2.45, 2.75) is 59.6 Å². The molecule has 0 aliphatic carbocycles. The zero-order valence-electron chi connectivity index (χ0n) is 13.8. The third-order valence-corrected chi connectivity index (χ3v) is 2.92. The van der Waals surface area contributed by atoms with Gasteiger partial charge in [0.2, 0.25) is 0 Å². The monoisotopic (exact) mass is 275 g/mol. The quantitative estimate of drug-likeness (QED) is 0.815. The summed E-state index contributed by atoms with van der Waals surface area (Å²) in [6.07, 6.45) is 3.55. The Bertz CT molecular complexity index is 424. The summed E-state index contributed by atoms with van der Waals surface area (Å²) in [4.78, 5) is 0. The molecule has 0 spiro atoms. The van der Waals surface area contributed by atoms with Gasteiger partial charge in [-0.05, 0) is 58.7 Å². The Labute approximate surface area is 124 Å². The van der Waals surface area contributed by atoms with E-state index in [1.165, 1.54) is 11.1 Å². The average Bonchev–Trinajstić information content (AvgIpc) is 2.34. The fourth-order valence-electron chi connectivity index (χ4n) is 1.81. The molecule has 0 saturated heterocycles. The maximum absolute atomic E-state index is 5.66. The summed E-state index contributed by atoms with van der Waals surface area (Å²) in [5.74, 6) is 0.933. The first-order chi connectivity index (χ1) is 9.30. The lowest BCUT2D eigenvalue weighted by Gasteiger charge is -2.21. The van der Waals surface area contributed by atoms with Crippen LogP contribution in [0.3, 0.4) is 0 Å². The van der Waals surface area contributed by atoms with Gasteiger partial charge in [-0.3, -0.25) is 0 Å². The van der Waals surface area contributed by atoms with Gasteiger partial charge < -0.3 is 10.1 Å². The van der Waals surface area contributed by atoms with E-state index in [4.69, 9.17) is 4.74 Å². The van der Waals surface area contributed by atoms with Crippen molar-refractivity contribution in [2.24, 2.45) is 0 Å². The van der Waals surface area contributed by atoms with Crippen molar-refractivity contribution in [3.8, 4) is 5.75 Å². The molecule has 0 aromatic heterocycles. The van der Waals surface area contributed by atoms with Crippen LogP contribution in [-0.2, 0) is 0 Å². The summed E-state index contributed by atoms with van der Waals surface area (Å²) >= 11 is 0. The fraction of sp³-hybridized carbons (Fsp3) is 0.556. The van der Waals surface area contributed by atoms with E-state index in [0.717, 1.165) is 18.7 Å². The molecule has 1 N–H and O–H groups in total. The molecule has 0 radical (unpaired) electrons. The Kier molecular flexibility index (Phi) is 6.28. The van der Waals surface area contributed by atoms with Crippen molar-refractivity contribution in [3.63, 3.8) is 0 Å². The van der Waals surface area contributed by atoms with Crippen LogP contribution in [0.2, 0.25) is 0 Å². The predicted molar refractivity (Wildman–Crippen MR) is 88.2 cm³/mol. The SMILES string of the molecule is CCC(=Cc1ccc(OC(C)C)cc1)CNC(C)(C)C. The van der Waals surface area contributed by atoms with Crippen molar-refractivity contribution < 1.29 is 4.74 Å². The van der Waals surface area contributed by atoms with Crippen LogP contribution in [0.25, 0.3) is 6.08 Å². The Morgan fingerprint density at radius 3 is 2.25 bits per heavy atom. The fourth-order valence-corrected chi connectivity index (χ4v) is 1.81. The number of benzene rings is 1. The smallest absolute Gasteiger partial charge is 0.119 e. The normalized spacial score (nSPS) is 12.8. The van der Waals surface area contributed by atoms with E-state index in [2.05, 4.69) is 51.2 Å². The molecule has 1 aromatic rings. The highest BCUT2D eigenvalue weighted by atomic mass is 16.5. The van der Waals surface area contributed by atoms with Crippen molar-refractivity contribution in [1.29, 1.82) is 0 Å². The van der Waals surface area contributed by atoms with Gasteiger partial charge >= 0.3 is 0 Å². The molecular weight excluding hydrogens is 246 g/mol. The lowest BCUT2D eigenvalue weighted by atomic mass is 10.1. The Morgan fingerprint density at radius 2 is 1.80 bits per heavy atom. The van der Waals surface area contributed by atoms with E-state index in [1.807, 2.05) is 26.0 Å². The molecule has 0 fully saturated rings. The first-order valence-corrected chi connectivity index (χ1v) is 7.51. The molecule has 0 atom stereocenters. The lowest BCUT2D eigenvalue weighted by molar-refractivity contribution is 0.242. The average molecular weight is 275 g/mol. The molecule has 0 bridgehead atoms. The van der Waals surface area contributed by atoms with Crippen molar-refractivity contribution >= 4 is 6.08 Å². The molecule has 0 unspecified atom stereocenters. The minimum atomic E-state index is 0.156. The van der Waals surface area contributed by atoms with Gasteiger partial charge in [-0.2, -0.15) is 0 Å². The zero-order chi connectivity index (χ0) is 15.2. The molecule has 112 valence electrons. The molecule has 0 amide bonds. The molecule has 0 aliphatic heterocycles. The van der Waals surface area contributed by atoms with Crippen molar-refractivity contribution in [2.75, 3.05) is 6.54 Å². The van der Waals surface area contributed by atoms with Crippen molar-refractivity contribution in [1.82, 2.24) is 5.32 Å². The lowest BCUT2D eigenvalue weighted by Crippen LogP contribution is -2.36. The van der Waals surface area contributed by atoms with E-state index in [1.54, 1.807) is 0 Å². The molecule has 20 heavy (non-hydrogen) atoms. The highest BCUT2D eigenvalue weighted by Gasteiger charge is 2.08. The highest BCUT2D eigenvalue weighted by Crippen LogP contribution is 2.17. The van der Waals surface area contributed by atoms with E-state index in [9.17, 15) is 0 Å². The van der Waals surface area contributed by atoms with Crippen LogP contribution in [0.5, 0.6) is 5.75 Å². The number of rotatable bonds is 6. The molecule has 2 nitrogen and oxygen atoms in total. The van der Waals surface area contributed by atoms with Crippen LogP contribution in [0.1, 0.15) is 53.5 Å². The second-order valence-corrected chi connectivity index (χ2v) is 6.50. The van der Waals surface area contributed by atoms with Gasteiger partial charge in [-0.1, -0.05) is 30.7 Å². The van der Waals surface area contributed by atoms with Gasteiger partial charge in [-0.15, -0.1) is 0 Å². The van der Waals surface area contributed by atoms with Gasteiger partial charge in [-0.25, -0.2) is 0 Å². The second-order valence-electron chi connectivity index (χ2n) is 6.50. The van der Waals surface area contributed by atoms with Crippen LogP contribution in [0.4, 0.5) is 0 Å². The largest absolute Gasteiger partial charge is 0.491 e. The molecule has 2 heteroatoms. The van der Waals surface area contributed by atoms with Crippen LogP contribution in [0, 0.1) is 0 Å². The summed E-state index contributed by atoms with van der Waals surface area (Å²) in [6.45, 7) is 13.8. The van der Waals surface area contributed by atoms with Crippen LogP contribution >= 0.6 is 0 Å². The Morgan fingerprint density at radius 1 is 1.20 bits per heavy atom. The summed E-state index contributed by atoms with van der Waals surface area (Å²) in [7, 11) is 0. The Balaban J connectivity index is 2.70. The van der Waals surface area contributed by atoms with Crippen LogP contribution in [0.15, 0.2) is 29.8 Å². The maximum Gasteiger partial charge on any atom is 0.119 e. The first kappa shape index (κ1) is 16.8. The third-order valence-electron chi connectivity index (χ3n) is 2.92. The third kappa shape index (κ3) is 6.76. The van der Waals surface area contributed by atoms with Crippen molar-refractivity contribution in [3.05, 3.63) is 35.4 Å². The summed E-state index contributed by atoms with van der Waals surface area (Å²) < 4.78 is 5.66. The minimum absolute atomic E-state index is 0.156. The second kappa shape index (κ2) is 7.49. The molecular formula is C18H29NO. The maximum atomic E-state index is 5.66. The van der Waals surface area contributed by atoms with E-state index >= 15 is 0 Å². The summed E-state index contributed by atoms with van der Waals surface area (Å²) in [6, 6.07) is 8.31. The predicted octanol–water partition coefficient (Wildman–Crippen LogP) is 4.66. The summed E-state index contributed by atoms with van der Waals surface area (Å²) in [5, 5.41) is 3.54. The van der Waals surface area contributed by atoms with Crippen LogP contribution in [-0.4, -0.2) is 18.2 Å². The standard InChI is InChI=1S/C18H29NO/c1-7-15(13-19-18(4,5)6)12-16-8-10-17(11-9-16)20-14(2)3/h8-12,14,19H,7,13H2,1-6H3. The summed E-state index contributed by atoms with van der Waals surface area (Å²) in [5.41, 5.74) is 2.80. The number of hydrogen-bond acceptors (Lipinski definition) is 2. The molecule has 0 heterocycles. The number of nitrogens with one attached hydrogen (secondary N) is 1. The van der Waals surface area contributed by atoms with E-state index in [-0.39, 0.29) is 11.6 Å². The molecule has 0 saturated carbocycles. The Hall–Kier alpha value is -1.28. The number of ether oxygens (including phenoxy) is 1. The van der Waals surface area contributed by atoms with Gasteiger partial charge in [0.15, 0.2) is 0 Å². The zero-order valence-corrected chi connectivity index (χ0v) is 13.8.